The fraction of sp³-hybridized carbons (Fsp3) is 0.600. The van der Waals surface area contributed by atoms with Crippen LogP contribution in [0.25, 0.3) is 0 Å². The zero-order valence-electron chi connectivity index (χ0n) is 12.8. The summed E-state index contributed by atoms with van der Waals surface area (Å²) in [6.07, 6.45) is 4.59. The lowest BCUT2D eigenvalue weighted by atomic mass is 9.87. The van der Waals surface area contributed by atoms with E-state index in [-0.39, 0.29) is 5.91 Å². The van der Waals surface area contributed by atoms with Crippen molar-refractivity contribution in [2.45, 2.75) is 38.6 Å². The number of amides is 1. The number of carbonyl (C=O) groups excluding carboxylic acids is 1. The van der Waals surface area contributed by atoms with Crippen LogP contribution in [0, 0.1) is 17.2 Å². The van der Waals surface area contributed by atoms with E-state index >= 15 is 0 Å². The summed E-state index contributed by atoms with van der Waals surface area (Å²) in [7, 11) is 3.37. The van der Waals surface area contributed by atoms with Gasteiger partial charge in [0.2, 0.25) is 0 Å². The molecule has 0 bridgehead atoms. The van der Waals surface area contributed by atoms with Gasteiger partial charge in [0.05, 0.1) is 5.69 Å². The maximum atomic E-state index is 12.1. The molecule has 0 spiro atoms. The molecule has 3 N–H and O–H groups in total. The minimum absolute atomic E-state index is 0.153. The maximum Gasteiger partial charge on any atom is 0.265 e. The van der Waals surface area contributed by atoms with E-state index in [9.17, 15) is 10.1 Å². The van der Waals surface area contributed by atoms with Crippen molar-refractivity contribution < 1.29 is 4.79 Å². The van der Waals surface area contributed by atoms with Crippen molar-refractivity contribution in [1.82, 2.24) is 4.90 Å². The van der Waals surface area contributed by atoms with Crippen LogP contribution in [-0.4, -0.2) is 30.9 Å². The second-order valence-corrected chi connectivity index (χ2v) is 6.98. The number of hydrogen-bond acceptors (Lipinski definition) is 5. The van der Waals surface area contributed by atoms with Gasteiger partial charge in [-0.05, 0) is 31.6 Å². The zero-order valence-corrected chi connectivity index (χ0v) is 13.6. The van der Waals surface area contributed by atoms with E-state index < -0.39 is 0 Å². The van der Waals surface area contributed by atoms with Crippen molar-refractivity contribution >= 4 is 27.9 Å². The maximum absolute atomic E-state index is 12.1. The Kier molecular flexibility index (Phi) is 4.73. The Morgan fingerprint density at radius 3 is 2.52 bits per heavy atom. The number of anilines is 2. The van der Waals surface area contributed by atoms with Gasteiger partial charge in [-0.2, -0.15) is 5.26 Å². The fourth-order valence-corrected chi connectivity index (χ4v) is 3.78. The topological polar surface area (TPSA) is 82.2 Å². The summed E-state index contributed by atoms with van der Waals surface area (Å²) in [5.74, 6) is 0.622. The highest BCUT2D eigenvalue weighted by Crippen LogP contribution is 2.37. The van der Waals surface area contributed by atoms with Crippen molar-refractivity contribution in [2.75, 3.05) is 25.1 Å². The van der Waals surface area contributed by atoms with E-state index in [0.717, 1.165) is 23.8 Å². The molecule has 5 nitrogen and oxygen atoms in total. The summed E-state index contributed by atoms with van der Waals surface area (Å²) in [5.41, 5.74) is 6.69. The van der Waals surface area contributed by atoms with Crippen LogP contribution in [0.1, 0.15) is 47.8 Å². The van der Waals surface area contributed by atoms with Crippen LogP contribution in [0.2, 0.25) is 0 Å². The molecule has 0 atom stereocenters. The van der Waals surface area contributed by atoms with Gasteiger partial charge in [0.1, 0.15) is 21.5 Å². The van der Waals surface area contributed by atoms with Gasteiger partial charge in [0, 0.05) is 20.1 Å². The van der Waals surface area contributed by atoms with E-state index in [0.29, 0.717) is 22.2 Å². The Hall–Kier alpha value is -1.74. The largest absolute Gasteiger partial charge is 0.396 e. The standard InChI is InChI=1S/C15H22N4OS/c1-9-4-6-10(7-5-9)18-14-11(8-16)12(17)13(21-14)15(20)19(2)3/h9-10,18H,4-7,17H2,1-3H3. The zero-order chi connectivity index (χ0) is 15.6. The third-order valence-electron chi connectivity index (χ3n) is 4.01. The Balaban J connectivity index is 2.22. The van der Waals surface area contributed by atoms with E-state index in [4.69, 9.17) is 5.73 Å². The third kappa shape index (κ3) is 3.30. The van der Waals surface area contributed by atoms with Crippen LogP contribution in [0.4, 0.5) is 10.7 Å². The van der Waals surface area contributed by atoms with E-state index in [1.807, 2.05) is 0 Å². The molecule has 0 radical (unpaired) electrons. The van der Waals surface area contributed by atoms with Crippen LogP contribution in [0.5, 0.6) is 0 Å². The quantitative estimate of drug-likeness (QED) is 0.899. The molecule has 0 unspecified atom stereocenters. The number of carbonyl (C=O) groups is 1. The lowest BCUT2D eigenvalue weighted by Crippen LogP contribution is -2.25. The SMILES string of the molecule is CC1CCC(Nc2sc(C(=O)N(C)C)c(N)c2C#N)CC1. The number of nitrogens with zero attached hydrogens (tertiary/aromatic N) is 2. The predicted octanol–water partition coefficient (Wildman–Crippen LogP) is 2.89. The average molecular weight is 306 g/mol. The van der Waals surface area contributed by atoms with E-state index in [2.05, 4.69) is 18.3 Å². The van der Waals surface area contributed by atoms with Gasteiger partial charge in [-0.15, -0.1) is 11.3 Å². The molecule has 1 aliphatic rings. The molecule has 6 heteroatoms. The summed E-state index contributed by atoms with van der Waals surface area (Å²) < 4.78 is 0. The van der Waals surface area contributed by atoms with Crippen molar-refractivity contribution in [1.29, 1.82) is 5.26 Å². The monoisotopic (exact) mass is 306 g/mol. The number of hydrogen-bond donors (Lipinski definition) is 2. The first-order chi connectivity index (χ1) is 9.93. The molecule has 1 saturated carbocycles. The Bertz CT molecular complexity index is 565. The van der Waals surface area contributed by atoms with Gasteiger partial charge in [0.15, 0.2) is 0 Å². The van der Waals surface area contributed by atoms with Gasteiger partial charge in [0.25, 0.3) is 5.91 Å². The average Bonchev–Trinajstić information content (AvgIpc) is 2.76. The molecular formula is C15H22N4OS. The van der Waals surface area contributed by atoms with Gasteiger partial charge in [-0.1, -0.05) is 6.92 Å². The molecule has 21 heavy (non-hydrogen) atoms. The molecule has 2 rings (SSSR count). The van der Waals surface area contributed by atoms with Gasteiger partial charge in [-0.3, -0.25) is 4.79 Å². The molecule has 0 aromatic carbocycles. The number of nitrogens with two attached hydrogens (primary N) is 1. The highest BCUT2D eigenvalue weighted by molar-refractivity contribution is 7.18. The summed E-state index contributed by atoms with van der Waals surface area (Å²) >= 11 is 1.29. The molecule has 0 aliphatic heterocycles. The summed E-state index contributed by atoms with van der Waals surface area (Å²) in [6.45, 7) is 2.27. The first-order valence-corrected chi connectivity index (χ1v) is 8.06. The second kappa shape index (κ2) is 6.35. The number of nitrogen functional groups attached to an aromatic ring is 1. The molecule has 0 saturated heterocycles. The molecule has 1 aromatic heterocycles. The summed E-state index contributed by atoms with van der Waals surface area (Å²) in [6, 6.07) is 2.50. The first-order valence-electron chi connectivity index (χ1n) is 7.24. The van der Waals surface area contributed by atoms with Crippen LogP contribution < -0.4 is 11.1 Å². The van der Waals surface area contributed by atoms with Crippen LogP contribution in [0.3, 0.4) is 0 Å². The molecule has 1 amide bonds. The number of thiophene rings is 1. The lowest BCUT2D eigenvalue weighted by Gasteiger charge is -2.27. The fourth-order valence-electron chi connectivity index (χ4n) is 2.61. The highest BCUT2D eigenvalue weighted by Gasteiger charge is 2.25. The predicted molar refractivity (Wildman–Crippen MR) is 86.5 cm³/mol. The minimum atomic E-state index is -0.153. The van der Waals surface area contributed by atoms with Crippen LogP contribution in [-0.2, 0) is 0 Å². The molecule has 1 aromatic rings. The lowest BCUT2D eigenvalue weighted by molar-refractivity contribution is 0.0833. The summed E-state index contributed by atoms with van der Waals surface area (Å²) in [5, 5.41) is 13.5. The molecule has 1 aliphatic carbocycles. The first kappa shape index (κ1) is 15.6. The van der Waals surface area contributed by atoms with Gasteiger partial charge >= 0.3 is 0 Å². The van der Waals surface area contributed by atoms with E-state index in [1.165, 1.54) is 29.1 Å². The normalized spacial score (nSPS) is 21.6. The molecule has 1 heterocycles. The Morgan fingerprint density at radius 2 is 2.00 bits per heavy atom. The van der Waals surface area contributed by atoms with Crippen molar-refractivity contribution in [3.8, 4) is 6.07 Å². The van der Waals surface area contributed by atoms with E-state index in [1.54, 1.807) is 14.1 Å². The van der Waals surface area contributed by atoms with Crippen molar-refractivity contribution in [2.24, 2.45) is 5.92 Å². The van der Waals surface area contributed by atoms with Gasteiger partial charge in [-0.25, -0.2) is 0 Å². The number of rotatable bonds is 3. The number of nitrogens with one attached hydrogen (secondary N) is 1. The molecule has 1 fully saturated rings. The van der Waals surface area contributed by atoms with Crippen molar-refractivity contribution in [3.05, 3.63) is 10.4 Å². The highest BCUT2D eigenvalue weighted by atomic mass is 32.1. The second-order valence-electron chi connectivity index (χ2n) is 5.96. The third-order valence-corrected chi connectivity index (χ3v) is 5.13. The minimum Gasteiger partial charge on any atom is -0.396 e. The molecule has 114 valence electrons. The van der Waals surface area contributed by atoms with Crippen LogP contribution in [0.15, 0.2) is 0 Å². The van der Waals surface area contributed by atoms with Crippen LogP contribution >= 0.6 is 11.3 Å². The van der Waals surface area contributed by atoms with Crippen molar-refractivity contribution in [3.63, 3.8) is 0 Å². The Labute approximate surface area is 129 Å². The smallest absolute Gasteiger partial charge is 0.265 e. The van der Waals surface area contributed by atoms with Gasteiger partial charge < -0.3 is 16.0 Å². The molecular weight excluding hydrogens is 284 g/mol. The number of nitriles is 1. The Morgan fingerprint density at radius 1 is 1.38 bits per heavy atom. The summed E-state index contributed by atoms with van der Waals surface area (Å²) in [4.78, 5) is 14.0.